The molecule has 0 aliphatic carbocycles. The highest BCUT2D eigenvalue weighted by Gasteiger charge is 2.30. The van der Waals surface area contributed by atoms with Gasteiger partial charge >= 0.3 is 5.97 Å². The molecule has 3 aromatic carbocycles. The number of thiophene rings is 1. The summed E-state index contributed by atoms with van der Waals surface area (Å²) >= 11 is 1.04. The Hall–Kier alpha value is -3.62. The fraction of sp³-hybridized carbons (Fsp3) is 0.115. The van der Waals surface area contributed by atoms with Gasteiger partial charge in [-0.2, -0.15) is 0 Å². The number of hydrogen-bond acceptors (Lipinski definition) is 6. The first-order chi connectivity index (χ1) is 16.4. The van der Waals surface area contributed by atoms with Crippen molar-refractivity contribution in [3.05, 3.63) is 100 Å². The highest BCUT2D eigenvalue weighted by Crippen LogP contribution is 2.37. The van der Waals surface area contributed by atoms with Gasteiger partial charge in [-0.25, -0.2) is 13.2 Å². The van der Waals surface area contributed by atoms with Crippen LogP contribution in [0.5, 0.6) is 5.75 Å². The number of methoxy groups -OCH3 is 1. The topological polar surface area (TPSA) is 81.7 Å². The largest absolute Gasteiger partial charge is 0.489 e. The maximum Gasteiger partial charge on any atom is 0.349 e. The quantitative estimate of drug-likeness (QED) is 0.310. The Kier molecular flexibility index (Phi) is 7.00. The number of carbonyl (C=O) groups excluding carboxylic acids is 1. The van der Waals surface area contributed by atoms with Crippen LogP contribution in [-0.2, 0) is 21.4 Å². The minimum atomic E-state index is -4.09. The molecule has 0 radical (unpaired) electrons. The molecular weight excluding hydrogens is 470 g/mol. The van der Waals surface area contributed by atoms with Gasteiger partial charge in [0.2, 0.25) is 0 Å². The van der Waals surface area contributed by atoms with E-state index in [1.165, 1.54) is 7.11 Å². The Balaban J connectivity index is 1.59. The molecule has 0 saturated carbocycles. The zero-order chi connectivity index (χ0) is 24.1. The van der Waals surface area contributed by atoms with Crippen molar-refractivity contribution < 1.29 is 22.7 Å². The van der Waals surface area contributed by atoms with E-state index in [1.807, 2.05) is 61.5 Å². The fourth-order valence-electron chi connectivity index (χ4n) is 3.35. The second-order valence-electron chi connectivity index (χ2n) is 7.57. The molecule has 0 atom stereocenters. The average molecular weight is 494 g/mol. The van der Waals surface area contributed by atoms with E-state index in [2.05, 4.69) is 4.72 Å². The number of aryl methyl sites for hydroxylation is 1. The lowest BCUT2D eigenvalue weighted by molar-refractivity contribution is 0.0602. The molecule has 0 fully saturated rings. The molecule has 4 aromatic rings. The summed E-state index contributed by atoms with van der Waals surface area (Å²) in [6.45, 7) is 2.35. The summed E-state index contributed by atoms with van der Waals surface area (Å²) in [6, 6.07) is 23.8. The van der Waals surface area contributed by atoms with E-state index in [1.54, 1.807) is 29.6 Å². The molecule has 1 heterocycles. The standard InChI is InChI=1S/C26H23NO5S2/c1-18-8-10-20(11-9-18)23-17-33-24(26(28)31-2)25(23)34(29,30)27-21-12-14-22(15-13-21)32-16-19-6-4-3-5-7-19/h3-15,17,27H,16H2,1-2H3. The number of benzene rings is 3. The van der Waals surface area contributed by atoms with E-state index in [-0.39, 0.29) is 9.77 Å². The van der Waals surface area contributed by atoms with E-state index in [9.17, 15) is 13.2 Å². The van der Waals surface area contributed by atoms with Gasteiger partial charge in [0.1, 0.15) is 22.1 Å². The predicted molar refractivity (Wildman–Crippen MR) is 134 cm³/mol. The number of anilines is 1. The molecule has 8 heteroatoms. The molecule has 0 spiro atoms. The van der Waals surface area contributed by atoms with Crippen LogP contribution in [0.1, 0.15) is 20.8 Å². The first-order valence-electron chi connectivity index (χ1n) is 10.4. The average Bonchev–Trinajstić information content (AvgIpc) is 3.30. The maximum atomic E-state index is 13.4. The van der Waals surface area contributed by atoms with Crippen LogP contribution in [0.25, 0.3) is 11.1 Å². The molecule has 1 N–H and O–H groups in total. The molecule has 0 unspecified atom stereocenters. The van der Waals surface area contributed by atoms with Gasteiger partial charge in [0, 0.05) is 16.6 Å². The van der Waals surface area contributed by atoms with Crippen LogP contribution in [0.2, 0.25) is 0 Å². The summed E-state index contributed by atoms with van der Waals surface area (Å²) < 4.78 is 40.0. The molecule has 174 valence electrons. The van der Waals surface area contributed by atoms with Crippen molar-refractivity contribution in [1.82, 2.24) is 0 Å². The van der Waals surface area contributed by atoms with Crippen LogP contribution in [0.4, 0.5) is 5.69 Å². The number of nitrogens with one attached hydrogen (secondary N) is 1. The van der Waals surface area contributed by atoms with Gasteiger partial charge in [0.25, 0.3) is 10.0 Å². The zero-order valence-electron chi connectivity index (χ0n) is 18.6. The molecule has 6 nitrogen and oxygen atoms in total. The first-order valence-corrected chi connectivity index (χ1v) is 12.8. The summed E-state index contributed by atoms with van der Waals surface area (Å²) in [6.07, 6.45) is 0. The van der Waals surface area contributed by atoms with Crippen molar-refractivity contribution in [3.8, 4) is 16.9 Å². The Morgan fingerprint density at radius 1 is 0.941 bits per heavy atom. The number of sulfonamides is 1. The van der Waals surface area contributed by atoms with Gasteiger partial charge in [-0.05, 0) is 42.3 Å². The maximum absolute atomic E-state index is 13.4. The Morgan fingerprint density at radius 2 is 1.62 bits per heavy atom. The number of rotatable bonds is 8. The van der Waals surface area contributed by atoms with Crippen molar-refractivity contribution in [1.29, 1.82) is 0 Å². The van der Waals surface area contributed by atoms with Crippen molar-refractivity contribution in [2.75, 3.05) is 11.8 Å². The highest BCUT2D eigenvalue weighted by atomic mass is 32.2. The minimum absolute atomic E-state index is 0.0217. The Morgan fingerprint density at radius 3 is 2.26 bits per heavy atom. The normalized spacial score (nSPS) is 11.1. The molecule has 4 rings (SSSR count). The van der Waals surface area contributed by atoms with Crippen molar-refractivity contribution in [2.45, 2.75) is 18.4 Å². The molecule has 0 amide bonds. The summed E-state index contributed by atoms with van der Waals surface area (Å²) in [4.78, 5) is 12.3. The lowest BCUT2D eigenvalue weighted by Crippen LogP contribution is -2.16. The number of hydrogen-bond donors (Lipinski definition) is 1. The SMILES string of the molecule is COC(=O)c1scc(-c2ccc(C)cc2)c1S(=O)(=O)Nc1ccc(OCc2ccccc2)cc1. The molecular formula is C26H23NO5S2. The van der Waals surface area contributed by atoms with Gasteiger partial charge in [0.05, 0.1) is 7.11 Å². The van der Waals surface area contributed by atoms with Crippen molar-refractivity contribution >= 4 is 33.0 Å². The number of ether oxygens (including phenoxy) is 2. The van der Waals surface area contributed by atoms with E-state index < -0.39 is 16.0 Å². The third kappa shape index (κ3) is 5.30. The zero-order valence-corrected chi connectivity index (χ0v) is 20.3. The summed E-state index contributed by atoms with van der Waals surface area (Å²) in [7, 11) is -2.87. The molecule has 34 heavy (non-hydrogen) atoms. The van der Waals surface area contributed by atoms with Crippen molar-refractivity contribution in [2.24, 2.45) is 0 Å². The molecule has 0 aliphatic heterocycles. The fourth-order valence-corrected chi connectivity index (χ4v) is 6.12. The Labute approximate surface area is 202 Å². The van der Waals surface area contributed by atoms with E-state index in [0.29, 0.717) is 29.2 Å². The molecule has 0 aliphatic rings. The van der Waals surface area contributed by atoms with Crippen LogP contribution in [0.3, 0.4) is 0 Å². The van der Waals surface area contributed by atoms with Crippen molar-refractivity contribution in [3.63, 3.8) is 0 Å². The van der Waals surface area contributed by atoms with Crippen LogP contribution < -0.4 is 9.46 Å². The first kappa shape index (κ1) is 23.5. The van der Waals surface area contributed by atoms with Crippen LogP contribution in [0.15, 0.2) is 89.1 Å². The number of carbonyl (C=O) groups is 1. The van der Waals surface area contributed by atoms with Gasteiger partial charge in [0.15, 0.2) is 0 Å². The number of esters is 1. The van der Waals surface area contributed by atoms with Crippen LogP contribution in [0, 0.1) is 6.92 Å². The second-order valence-corrected chi connectivity index (χ2v) is 10.1. The van der Waals surface area contributed by atoms with E-state index in [0.717, 1.165) is 22.5 Å². The minimum Gasteiger partial charge on any atom is -0.489 e. The summed E-state index contributed by atoms with van der Waals surface area (Å²) in [5.74, 6) is -0.0914. The predicted octanol–water partition coefficient (Wildman–Crippen LogP) is 5.89. The molecule has 1 aromatic heterocycles. The van der Waals surface area contributed by atoms with Gasteiger partial charge < -0.3 is 9.47 Å². The molecule has 0 bridgehead atoms. The Bertz CT molecular complexity index is 1380. The van der Waals surface area contributed by atoms with Gasteiger partial charge in [-0.15, -0.1) is 11.3 Å². The lowest BCUT2D eigenvalue weighted by Gasteiger charge is -2.12. The van der Waals surface area contributed by atoms with Gasteiger partial charge in [-0.1, -0.05) is 60.2 Å². The highest BCUT2D eigenvalue weighted by molar-refractivity contribution is 7.93. The lowest BCUT2D eigenvalue weighted by atomic mass is 10.1. The summed E-state index contributed by atoms with van der Waals surface area (Å²) in [5, 5.41) is 1.66. The smallest absolute Gasteiger partial charge is 0.349 e. The summed E-state index contributed by atoms with van der Waals surface area (Å²) in [5.41, 5.74) is 3.57. The van der Waals surface area contributed by atoms with Gasteiger partial charge in [-0.3, -0.25) is 4.72 Å². The van der Waals surface area contributed by atoms with E-state index >= 15 is 0 Å². The third-order valence-electron chi connectivity index (χ3n) is 5.10. The van der Waals surface area contributed by atoms with Crippen LogP contribution in [-0.4, -0.2) is 21.5 Å². The van der Waals surface area contributed by atoms with Crippen LogP contribution >= 0.6 is 11.3 Å². The molecule has 0 saturated heterocycles. The third-order valence-corrected chi connectivity index (χ3v) is 7.66. The second kappa shape index (κ2) is 10.1. The monoisotopic (exact) mass is 493 g/mol. The van der Waals surface area contributed by atoms with E-state index in [4.69, 9.17) is 9.47 Å².